The van der Waals surface area contributed by atoms with Crippen molar-refractivity contribution in [3.8, 4) is 0 Å². The number of nitrogens with zero attached hydrogens (tertiary/aromatic N) is 1. The van der Waals surface area contributed by atoms with Crippen LogP contribution in [0.15, 0.2) is 35.6 Å². The van der Waals surface area contributed by atoms with E-state index >= 15 is 0 Å². The number of aromatic nitrogens is 1. The first-order valence-corrected chi connectivity index (χ1v) is 7.71. The van der Waals surface area contributed by atoms with E-state index in [1.54, 1.807) is 6.21 Å². The minimum Gasteiger partial charge on any atom is -0.361 e. The molecule has 2 unspecified atom stereocenters. The van der Waals surface area contributed by atoms with Gasteiger partial charge in [0.25, 0.3) is 5.91 Å². The van der Waals surface area contributed by atoms with Crippen LogP contribution in [0.1, 0.15) is 24.8 Å². The number of para-hydroxylation sites is 1. The fourth-order valence-electron chi connectivity index (χ4n) is 3.01. The monoisotopic (exact) mass is 297 g/mol. The summed E-state index contributed by atoms with van der Waals surface area (Å²) in [5.41, 5.74) is 10.9. The quantitative estimate of drug-likeness (QED) is 0.506. The molecule has 2 aromatic rings. The van der Waals surface area contributed by atoms with E-state index in [2.05, 4.69) is 26.4 Å². The van der Waals surface area contributed by atoms with Crippen LogP contribution < -0.4 is 16.3 Å². The Labute approximate surface area is 128 Å². The van der Waals surface area contributed by atoms with Crippen LogP contribution in [0.25, 0.3) is 10.9 Å². The van der Waals surface area contributed by atoms with E-state index in [1.807, 2.05) is 30.5 Å². The molecule has 2 atom stereocenters. The van der Waals surface area contributed by atoms with Gasteiger partial charge in [0.15, 0.2) is 0 Å². The van der Waals surface area contributed by atoms with Crippen molar-refractivity contribution >= 4 is 23.0 Å². The maximum Gasteiger partial charge on any atom is 0.258 e. The number of carbonyl (C=O) groups is 1. The van der Waals surface area contributed by atoms with Gasteiger partial charge < -0.3 is 4.98 Å². The Bertz CT molecular complexity index is 718. The van der Waals surface area contributed by atoms with Gasteiger partial charge in [-0.25, -0.2) is 10.9 Å². The lowest BCUT2D eigenvalue weighted by Gasteiger charge is -2.06. The molecular weight excluding hydrogens is 278 g/mol. The molecule has 6 heteroatoms. The molecule has 1 aliphatic heterocycles. The summed E-state index contributed by atoms with van der Waals surface area (Å²) in [5.74, 6) is 0.645. The molecule has 1 saturated carbocycles. The SMILES string of the molecule is O=C(N/N=C/c1c[nH]c2ccccc12)C1CC(C2CC2)NN1. The molecule has 1 aromatic heterocycles. The first-order valence-electron chi connectivity index (χ1n) is 7.71. The van der Waals surface area contributed by atoms with Crippen LogP contribution in [0.4, 0.5) is 0 Å². The van der Waals surface area contributed by atoms with E-state index in [0.717, 1.165) is 28.8 Å². The maximum absolute atomic E-state index is 12.1. The van der Waals surface area contributed by atoms with Crippen molar-refractivity contribution < 1.29 is 4.79 Å². The highest BCUT2D eigenvalue weighted by molar-refractivity contribution is 5.99. The molecule has 0 radical (unpaired) electrons. The third kappa shape index (κ3) is 2.63. The van der Waals surface area contributed by atoms with Crippen molar-refractivity contribution in [2.24, 2.45) is 11.0 Å². The molecule has 1 aromatic carbocycles. The maximum atomic E-state index is 12.1. The van der Waals surface area contributed by atoms with Crippen molar-refractivity contribution in [2.75, 3.05) is 0 Å². The van der Waals surface area contributed by atoms with Gasteiger partial charge in [0, 0.05) is 28.7 Å². The van der Waals surface area contributed by atoms with E-state index in [9.17, 15) is 4.79 Å². The van der Waals surface area contributed by atoms with Gasteiger partial charge in [-0.15, -0.1) is 0 Å². The lowest BCUT2D eigenvalue weighted by molar-refractivity contribution is -0.122. The lowest BCUT2D eigenvalue weighted by atomic mass is 10.1. The number of hydrogen-bond donors (Lipinski definition) is 4. The minimum absolute atomic E-state index is 0.0910. The standard InChI is InChI=1S/C16H19N5O/c22-16(15-7-14(19-20-15)10-5-6-10)21-18-9-11-8-17-13-4-2-1-3-12(11)13/h1-4,8-10,14-15,17,19-20H,5-7H2,(H,21,22)/b18-9+. The Hall–Kier alpha value is -2.18. The Morgan fingerprint density at radius 2 is 2.14 bits per heavy atom. The van der Waals surface area contributed by atoms with Gasteiger partial charge in [-0.3, -0.25) is 10.2 Å². The molecule has 4 rings (SSSR count). The molecule has 2 heterocycles. The molecule has 2 aliphatic rings. The van der Waals surface area contributed by atoms with Crippen LogP contribution in [-0.4, -0.2) is 29.2 Å². The van der Waals surface area contributed by atoms with E-state index in [4.69, 9.17) is 0 Å². The Morgan fingerprint density at radius 3 is 3.00 bits per heavy atom. The number of hydrazine groups is 1. The van der Waals surface area contributed by atoms with Crippen LogP contribution in [0, 0.1) is 5.92 Å². The average molecular weight is 297 g/mol. The number of benzene rings is 1. The molecule has 2 fully saturated rings. The van der Waals surface area contributed by atoms with Gasteiger partial charge in [0.05, 0.1) is 6.21 Å². The average Bonchev–Trinajstić information content (AvgIpc) is 3.13. The number of hydrogen-bond acceptors (Lipinski definition) is 4. The molecule has 1 amide bonds. The fraction of sp³-hybridized carbons (Fsp3) is 0.375. The number of amides is 1. The van der Waals surface area contributed by atoms with Gasteiger partial charge in [0.2, 0.25) is 0 Å². The number of H-pyrrole nitrogens is 1. The summed E-state index contributed by atoms with van der Waals surface area (Å²) < 4.78 is 0. The van der Waals surface area contributed by atoms with Gasteiger partial charge in [-0.05, 0) is 31.2 Å². The summed E-state index contributed by atoms with van der Waals surface area (Å²) >= 11 is 0. The van der Waals surface area contributed by atoms with E-state index < -0.39 is 0 Å². The Balaban J connectivity index is 1.36. The van der Waals surface area contributed by atoms with Gasteiger partial charge in [-0.2, -0.15) is 5.10 Å². The van der Waals surface area contributed by atoms with Crippen LogP contribution in [0.5, 0.6) is 0 Å². The molecule has 114 valence electrons. The Kier molecular flexibility index (Phi) is 3.40. The first kappa shape index (κ1) is 13.5. The fourth-order valence-corrected chi connectivity index (χ4v) is 3.01. The summed E-state index contributed by atoms with van der Waals surface area (Å²) in [6, 6.07) is 8.23. The van der Waals surface area contributed by atoms with Crippen molar-refractivity contribution in [1.29, 1.82) is 0 Å². The predicted molar refractivity (Wildman–Crippen MR) is 85.2 cm³/mol. The van der Waals surface area contributed by atoms with Crippen LogP contribution in [0.2, 0.25) is 0 Å². The highest BCUT2D eigenvalue weighted by Crippen LogP contribution is 2.35. The van der Waals surface area contributed by atoms with Crippen LogP contribution in [0.3, 0.4) is 0 Å². The van der Waals surface area contributed by atoms with Crippen molar-refractivity contribution in [1.82, 2.24) is 21.3 Å². The molecule has 6 nitrogen and oxygen atoms in total. The zero-order chi connectivity index (χ0) is 14.9. The summed E-state index contributed by atoms with van der Waals surface area (Å²) in [6.45, 7) is 0. The summed E-state index contributed by atoms with van der Waals surface area (Å²) in [6.07, 6.45) is 6.94. The van der Waals surface area contributed by atoms with Gasteiger partial charge >= 0.3 is 0 Å². The lowest BCUT2D eigenvalue weighted by Crippen LogP contribution is -2.42. The minimum atomic E-state index is -0.203. The third-order valence-corrected chi connectivity index (χ3v) is 4.44. The van der Waals surface area contributed by atoms with Gasteiger partial charge in [-0.1, -0.05) is 18.2 Å². The van der Waals surface area contributed by atoms with Crippen LogP contribution >= 0.6 is 0 Å². The van der Waals surface area contributed by atoms with Crippen molar-refractivity contribution in [3.63, 3.8) is 0 Å². The molecular formula is C16H19N5O. The van der Waals surface area contributed by atoms with Crippen LogP contribution in [-0.2, 0) is 4.79 Å². The molecule has 1 aliphatic carbocycles. The van der Waals surface area contributed by atoms with E-state index in [1.165, 1.54) is 12.8 Å². The smallest absolute Gasteiger partial charge is 0.258 e. The Morgan fingerprint density at radius 1 is 1.27 bits per heavy atom. The number of carbonyl (C=O) groups excluding carboxylic acids is 1. The molecule has 22 heavy (non-hydrogen) atoms. The molecule has 0 spiro atoms. The van der Waals surface area contributed by atoms with Crippen molar-refractivity contribution in [2.45, 2.75) is 31.3 Å². The molecule has 1 saturated heterocycles. The second-order valence-electron chi connectivity index (χ2n) is 6.04. The number of aromatic amines is 1. The predicted octanol–water partition coefficient (Wildman–Crippen LogP) is 1.26. The first-order chi connectivity index (χ1) is 10.8. The largest absolute Gasteiger partial charge is 0.361 e. The number of nitrogens with one attached hydrogen (secondary N) is 4. The van der Waals surface area contributed by atoms with Crippen molar-refractivity contribution in [3.05, 3.63) is 36.0 Å². The third-order valence-electron chi connectivity index (χ3n) is 4.44. The van der Waals surface area contributed by atoms with E-state index in [-0.39, 0.29) is 11.9 Å². The second-order valence-corrected chi connectivity index (χ2v) is 6.04. The summed E-state index contributed by atoms with van der Waals surface area (Å²) in [5, 5.41) is 5.17. The molecule has 4 N–H and O–H groups in total. The number of hydrazone groups is 1. The zero-order valence-corrected chi connectivity index (χ0v) is 12.2. The highest BCUT2D eigenvalue weighted by atomic mass is 16.2. The summed E-state index contributed by atoms with van der Waals surface area (Å²) in [7, 11) is 0. The zero-order valence-electron chi connectivity index (χ0n) is 12.2. The highest BCUT2D eigenvalue weighted by Gasteiger charge is 2.38. The van der Waals surface area contributed by atoms with Gasteiger partial charge in [0.1, 0.15) is 6.04 Å². The normalized spacial score (nSPS) is 25.1. The number of fused-ring (bicyclic) bond motifs is 1. The van der Waals surface area contributed by atoms with E-state index in [0.29, 0.717) is 6.04 Å². The summed E-state index contributed by atoms with van der Waals surface area (Å²) in [4.78, 5) is 15.3. The topological polar surface area (TPSA) is 81.3 Å². The number of rotatable bonds is 4. The second kappa shape index (κ2) is 5.55. The molecule has 0 bridgehead atoms.